The number of hydrogen-bond donors (Lipinski definition) is 2. The van der Waals surface area contributed by atoms with E-state index in [1.54, 1.807) is 38.1 Å². The zero-order valence-electron chi connectivity index (χ0n) is 12.1. The van der Waals surface area contributed by atoms with E-state index in [1.165, 1.54) is 0 Å². The average Bonchev–Trinajstić information content (AvgIpc) is 2.41. The van der Waals surface area contributed by atoms with E-state index in [4.69, 9.17) is 9.84 Å². The van der Waals surface area contributed by atoms with E-state index in [2.05, 4.69) is 5.32 Å². The van der Waals surface area contributed by atoms with Gasteiger partial charge in [0.15, 0.2) is 0 Å². The summed E-state index contributed by atoms with van der Waals surface area (Å²) in [5.74, 6) is -1.02. The molecule has 5 nitrogen and oxygen atoms in total. The fourth-order valence-corrected chi connectivity index (χ4v) is 1.69. The van der Waals surface area contributed by atoms with Crippen LogP contribution in [0, 0.1) is 5.92 Å². The molecule has 0 bridgehead atoms. The van der Waals surface area contributed by atoms with E-state index in [0.717, 1.165) is 6.42 Å². The minimum atomic E-state index is -1.04. The first-order valence-corrected chi connectivity index (χ1v) is 6.72. The van der Waals surface area contributed by atoms with Gasteiger partial charge in [-0.2, -0.15) is 0 Å². The minimum Gasteiger partial charge on any atom is -0.494 e. The van der Waals surface area contributed by atoms with E-state index in [9.17, 15) is 9.59 Å². The van der Waals surface area contributed by atoms with Crippen molar-refractivity contribution in [3.63, 3.8) is 0 Å². The summed E-state index contributed by atoms with van der Waals surface area (Å²) in [6, 6.07) is 5.83. The Morgan fingerprint density at radius 3 is 2.60 bits per heavy atom. The van der Waals surface area contributed by atoms with Crippen molar-refractivity contribution in [2.24, 2.45) is 5.92 Å². The third kappa shape index (κ3) is 4.57. The minimum absolute atomic E-state index is 0.184. The molecule has 5 heteroatoms. The first-order valence-electron chi connectivity index (χ1n) is 6.72. The van der Waals surface area contributed by atoms with Crippen LogP contribution in [0.1, 0.15) is 37.6 Å². The predicted octanol–water partition coefficient (Wildman–Crippen LogP) is 2.31. The average molecular weight is 279 g/mol. The molecule has 0 radical (unpaired) electrons. The van der Waals surface area contributed by atoms with Crippen LogP contribution in [0.25, 0.3) is 0 Å². The molecule has 0 unspecified atom stereocenters. The highest BCUT2D eigenvalue weighted by molar-refractivity contribution is 5.96. The standard InChI is InChI=1S/C15H21NO4/c1-4-8-20-12-7-5-6-11(9-12)14(17)16-13(10(2)3)15(18)19/h5-7,9-10,13H,4,8H2,1-3H3,(H,16,17)(H,18,19)/t13-/m0/s1. The van der Waals surface area contributed by atoms with E-state index in [-0.39, 0.29) is 5.92 Å². The molecule has 2 N–H and O–H groups in total. The van der Waals surface area contributed by atoms with Gasteiger partial charge in [-0.05, 0) is 30.5 Å². The molecular formula is C15H21NO4. The number of nitrogens with one attached hydrogen (secondary N) is 1. The molecule has 0 fully saturated rings. The van der Waals surface area contributed by atoms with Gasteiger partial charge < -0.3 is 15.2 Å². The monoisotopic (exact) mass is 279 g/mol. The van der Waals surface area contributed by atoms with Gasteiger partial charge in [0.2, 0.25) is 0 Å². The highest BCUT2D eigenvalue weighted by Gasteiger charge is 2.23. The number of carboxylic acids is 1. The summed E-state index contributed by atoms with van der Waals surface area (Å²) in [6.45, 7) is 6.07. The van der Waals surface area contributed by atoms with Crippen molar-refractivity contribution in [1.82, 2.24) is 5.32 Å². The molecule has 0 saturated heterocycles. The Bertz CT molecular complexity index is 471. The number of carbonyl (C=O) groups is 2. The third-order valence-corrected chi connectivity index (χ3v) is 2.79. The van der Waals surface area contributed by atoms with Crippen LogP contribution < -0.4 is 10.1 Å². The van der Waals surface area contributed by atoms with Gasteiger partial charge in [-0.25, -0.2) is 4.79 Å². The van der Waals surface area contributed by atoms with Crippen molar-refractivity contribution in [3.8, 4) is 5.75 Å². The van der Waals surface area contributed by atoms with Crippen LogP contribution in [-0.2, 0) is 4.79 Å². The van der Waals surface area contributed by atoms with Crippen molar-refractivity contribution in [2.75, 3.05) is 6.61 Å². The number of benzene rings is 1. The van der Waals surface area contributed by atoms with E-state index in [0.29, 0.717) is 17.9 Å². The summed E-state index contributed by atoms with van der Waals surface area (Å²) in [5, 5.41) is 11.6. The van der Waals surface area contributed by atoms with Crippen molar-refractivity contribution in [1.29, 1.82) is 0 Å². The third-order valence-electron chi connectivity index (χ3n) is 2.79. The molecule has 0 aliphatic heterocycles. The summed E-state index contributed by atoms with van der Waals surface area (Å²) >= 11 is 0. The maximum Gasteiger partial charge on any atom is 0.326 e. The maximum absolute atomic E-state index is 12.1. The molecule has 1 rings (SSSR count). The quantitative estimate of drug-likeness (QED) is 0.803. The molecule has 1 aromatic carbocycles. The lowest BCUT2D eigenvalue weighted by molar-refractivity contribution is -0.140. The zero-order valence-corrected chi connectivity index (χ0v) is 12.1. The summed E-state index contributed by atoms with van der Waals surface area (Å²) < 4.78 is 5.45. The highest BCUT2D eigenvalue weighted by atomic mass is 16.5. The van der Waals surface area contributed by atoms with Crippen LogP contribution in [0.2, 0.25) is 0 Å². The highest BCUT2D eigenvalue weighted by Crippen LogP contribution is 2.14. The fourth-order valence-electron chi connectivity index (χ4n) is 1.69. The van der Waals surface area contributed by atoms with E-state index >= 15 is 0 Å². The Morgan fingerprint density at radius 1 is 1.35 bits per heavy atom. The molecular weight excluding hydrogens is 258 g/mol. The molecule has 0 saturated carbocycles. The lowest BCUT2D eigenvalue weighted by Gasteiger charge is -2.18. The van der Waals surface area contributed by atoms with Crippen LogP contribution >= 0.6 is 0 Å². The van der Waals surface area contributed by atoms with Gasteiger partial charge in [-0.3, -0.25) is 4.79 Å². The maximum atomic E-state index is 12.1. The molecule has 1 amide bonds. The van der Waals surface area contributed by atoms with Crippen LogP contribution in [0.15, 0.2) is 24.3 Å². The molecule has 110 valence electrons. The second-order valence-corrected chi connectivity index (χ2v) is 4.91. The van der Waals surface area contributed by atoms with Gasteiger partial charge in [-0.1, -0.05) is 26.8 Å². The van der Waals surface area contributed by atoms with Gasteiger partial charge in [0, 0.05) is 5.56 Å². The largest absolute Gasteiger partial charge is 0.494 e. The van der Waals surface area contributed by atoms with Crippen molar-refractivity contribution in [2.45, 2.75) is 33.2 Å². The van der Waals surface area contributed by atoms with Gasteiger partial charge in [0.25, 0.3) is 5.91 Å². The predicted molar refractivity (Wildman–Crippen MR) is 76.0 cm³/mol. The molecule has 1 atom stereocenters. The molecule has 20 heavy (non-hydrogen) atoms. The Balaban J connectivity index is 2.78. The van der Waals surface area contributed by atoms with Gasteiger partial charge in [0.05, 0.1) is 6.61 Å². The van der Waals surface area contributed by atoms with Crippen molar-refractivity contribution >= 4 is 11.9 Å². The Kier molecular flexibility index (Phi) is 6.03. The van der Waals surface area contributed by atoms with Crippen molar-refractivity contribution in [3.05, 3.63) is 29.8 Å². The molecule has 0 aliphatic rings. The molecule has 0 aliphatic carbocycles. The van der Waals surface area contributed by atoms with Gasteiger partial charge in [0.1, 0.15) is 11.8 Å². The van der Waals surface area contributed by atoms with E-state index < -0.39 is 17.9 Å². The second-order valence-electron chi connectivity index (χ2n) is 4.91. The molecule has 1 aromatic rings. The number of hydrogen-bond acceptors (Lipinski definition) is 3. The van der Waals surface area contributed by atoms with Gasteiger partial charge >= 0.3 is 5.97 Å². The summed E-state index contributed by atoms with van der Waals surface area (Å²) in [5.41, 5.74) is 0.394. The Hall–Kier alpha value is -2.04. The first kappa shape index (κ1) is 16.0. The Labute approximate surface area is 118 Å². The molecule has 0 heterocycles. The topological polar surface area (TPSA) is 75.6 Å². The lowest BCUT2D eigenvalue weighted by atomic mass is 10.0. The van der Waals surface area contributed by atoms with Crippen LogP contribution in [0.5, 0.6) is 5.75 Å². The molecule has 0 spiro atoms. The fraction of sp³-hybridized carbons (Fsp3) is 0.467. The van der Waals surface area contributed by atoms with Crippen LogP contribution in [0.3, 0.4) is 0 Å². The number of carboxylic acid groups (broad SMARTS) is 1. The number of aliphatic carboxylic acids is 1. The number of rotatable bonds is 7. The normalized spacial score (nSPS) is 12.0. The van der Waals surface area contributed by atoms with Crippen molar-refractivity contribution < 1.29 is 19.4 Å². The summed E-state index contributed by atoms with van der Waals surface area (Å²) in [4.78, 5) is 23.1. The number of carbonyl (C=O) groups excluding carboxylic acids is 1. The van der Waals surface area contributed by atoms with Gasteiger partial charge in [-0.15, -0.1) is 0 Å². The lowest BCUT2D eigenvalue weighted by Crippen LogP contribution is -2.44. The smallest absolute Gasteiger partial charge is 0.326 e. The van der Waals surface area contributed by atoms with Crippen LogP contribution in [0.4, 0.5) is 0 Å². The SMILES string of the molecule is CCCOc1cccc(C(=O)N[C@H](C(=O)O)C(C)C)c1. The zero-order chi connectivity index (χ0) is 15.1. The number of ether oxygens (including phenoxy) is 1. The molecule has 0 aromatic heterocycles. The first-order chi connectivity index (χ1) is 9.45. The summed E-state index contributed by atoms with van der Waals surface area (Å²) in [7, 11) is 0. The number of amides is 1. The Morgan fingerprint density at radius 2 is 2.05 bits per heavy atom. The summed E-state index contributed by atoms with van der Waals surface area (Å²) in [6.07, 6.45) is 0.880. The second kappa shape index (κ2) is 7.53. The van der Waals surface area contributed by atoms with E-state index in [1.807, 2.05) is 6.92 Å². The van der Waals surface area contributed by atoms with Crippen LogP contribution in [-0.4, -0.2) is 29.6 Å².